The number of hydrogen-bond acceptors (Lipinski definition) is 2. The van der Waals surface area contributed by atoms with Gasteiger partial charge in [-0.05, 0) is 19.8 Å². The first-order chi connectivity index (χ1) is 8.13. The minimum absolute atomic E-state index is 0.152. The molecule has 0 heterocycles. The topological polar surface area (TPSA) is 40.5 Å². The molecule has 2 atom stereocenters. The highest BCUT2D eigenvalue weighted by molar-refractivity contribution is 4.51. The summed E-state index contributed by atoms with van der Waals surface area (Å²) in [7, 11) is 0. The maximum Gasteiger partial charge on any atom is 0.196 e. The van der Waals surface area contributed by atoms with E-state index in [4.69, 9.17) is 10.2 Å². The fraction of sp³-hybridized carbons (Fsp3) is 1.00. The van der Waals surface area contributed by atoms with Gasteiger partial charge >= 0.3 is 0 Å². The number of alkyl halides is 1. The molecule has 0 aliphatic heterocycles. The van der Waals surface area contributed by atoms with Gasteiger partial charge in [-0.15, -0.1) is 0 Å². The molecule has 0 aliphatic rings. The fourth-order valence-corrected chi connectivity index (χ4v) is 1.99. The lowest BCUT2D eigenvalue weighted by Gasteiger charge is -2.04. The van der Waals surface area contributed by atoms with Gasteiger partial charge in [-0.3, -0.25) is 0 Å². The molecule has 0 spiro atoms. The van der Waals surface area contributed by atoms with Crippen molar-refractivity contribution in [3.63, 3.8) is 0 Å². The average molecular weight is 248 g/mol. The van der Waals surface area contributed by atoms with Crippen molar-refractivity contribution in [2.75, 3.05) is 0 Å². The van der Waals surface area contributed by atoms with Crippen LogP contribution in [0.4, 0.5) is 4.39 Å². The van der Waals surface area contributed by atoms with Gasteiger partial charge in [-0.25, -0.2) is 4.39 Å². The van der Waals surface area contributed by atoms with Crippen LogP contribution in [-0.4, -0.2) is 22.7 Å². The van der Waals surface area contributed by atoms with Crippen molar-refractivity contribution < 1.29 is 14.6 Å². The summed E-state index contributed by atoms with van der Waals surface area (Å²) in [6, 6.07) is 0. The summed E-state index contributed by atoms with van der Waals surface area (Å²) in [6.45, 7) is 1.84. The van der Waals surface area contributed by atoms with E-state index in [1.165, 1.54) is 32.1 Å². The van der Waals surface area contributed by atoms with Crippen LogP contribution in [0.3, 0.4) is 0 Å². The molecule has 0 aromatic rings. The SMILES string of the molecule is CC(O)CCCCCCCCCCCC(O)F. The quantitative estimate of drug-likeness (QED) is 0.513. The third kappa shape index (κ3) is 15.9. The van der Waals surface area contributed by atoms with Crippen molar-refractivity contribution in [2.24, 2.45) is 0 Å². The van der Waals surface area contributed by atoms with Gasteiger partial charge in [-0.2, -0.15) is 0 Å². The molecule has 2 unspecified atom stereocenters. The maximum atomic E-state index is 12.0. The first-order valence-electron chi connectivity index (χ1n) is 7.13. The third-order valence-corrected chi connectivity index (χ3v) is 3.06. The summed E-state index contributed by atoms with van der Waals surface area (Å²) in [6.07, 6.45) is 9.78. The Labute approximate surface area is 105 Å². The van der Waals surface area contributed by atoms with E-state index >= 15 is 0 Å². The highest BCUT2D eigenvalue weighted by atomic mass is 19.1. The van der Waals surface area contributed by atoms with Gasteiger partial charge < -0.3 is 10.2 Å². The number of unbranched alkanes of at least 4 members (excludes halogenated alkanes) is 8. The lowest BCUT2D eigenvalue weighted by molar-refractivity contribution is 0.0323. The predicted octanol–water partition coefficient (Wildman–Crippen LogP) is 3.95. The Morgan fingerprint density at radius 1 is 0.706 bits per heavy atom. The van der Waals surface area contributed by atoms with Crippen LogP contribution < -0.4 is 0 Å². The molecule has 0 amide bonds. The van der Waals surface area contributed by atoms with E-state index < -0.39 is 6.36 Å². The van der Waals surface area contributed by atoms with Crippen LogP contribution in [0.5, 0.6) is 0 Å². The van der Waals surface area contributed by atoms with E-state index in [0.29, 0.717) is 6.42 Å². The number of aliphatic hydroxyl groups excluding tert-OH is 2. The standard InChI is InChI=1S/C14H29FO2/c1-13(16)11-9-7-5-3-2-4-6-8-10-12-14(15)17/h13-14,16-17H,2-12H2,1H3. The van der Waals surface area contributed by atoms with Gasteiger partial charge in [0.25, 0.3) is 0 Å². The van der Waals surface area contributed by atoms with Crippen LogP contribution in [0.1, 0.15) is 77.6 Å². The Morgan fingerprint density at radius 2 is 1.06 bits per heavy atom. The molecular weight excluding hydrogens is 219 g/mol. The highest BCUT2D eigenvalue weighted by Gasteiger charge is 1.99. The summed E-state index contributed by atoms with van der Waals surface area (Å²) < 4.78 is 12.0. The molecule has 0 saturated carbocycles. The van der Waals surface area contributed by atoms with Gasteiger partial charge in [0.15, 0.2) is 6.36 Å². The molecule has 17 heavy (non-hydrogen) atoms. The zero-order valence-corrected chi connectivity index (χ0v) is 11.2. The third-order valence-electron chi connectivity index (χ3n) is 3.06. The van der Waals surface area contributed by atoms with E-state index in [1.54, 1.807) is 0 Å². The molecule has 3 heteroatoms. The van der Waals surface area contributed by atoms with Crippen LogP contribution in [-0.2, 0) is 0 Å². The Kier molecular flexibility index (Phi) is 12.2. The second-order valence-corrected chi connectivity index (χ2v) is 5.04. The molecule has 0 aliphatic carbocycles. The predicted molar refractivity (Wildman–Crippen MR) is 69.6 cm³/mol. The zero-order valence-electron chi connectivity index (χ0n) is 11.2. The molecule has 104 valence electrons. The lowest BCUT2D eigenvalue weighted by atomic mass is 10.0. The zero-order chi connectivity index (χ0) is 12.9. The second kappa shape index (κ2) is 12.3. The van der Waals surface area contributed by atoms with Gasteiger partial charge in [0.05, 0.1) is 6.10 Å². The van der Waals surface area contributed by atoms with Crippen LogP contribution >= 0.6 is 0 Å². The Bertz CT molecular complexity index is 133. The van der Waals surface area contributed by atoms with Gasteiger partial charge in [-0.1, -0.05) is 51.4 Å². The molecule has 0 saturated heterocycles. The Balaban J connectivity index is 2.94. The summed E-state index contributed by atoms with van der Waals surface area (Å²) in [5.41, 5.74) is 0. The molecular formula is C14H29FO2. The van der Waals surface area contributed by atoms with E-state index in [1.807, 2.05) is 6.92 Å². The normalized spacial score (nSPS) is 14.8. The second-order valence-electron chi connectivity index (χ2n) is 5.04. The molecule has 0 radical (unpaired) electrons. The molecule has 0 fully saturated rings. The number of aliphatic hydroxyl groups is 2. The van der Waals surface area contributed by atoms with Crippen LogP contribution in [0, 0.1) is 0 Å². The molecule has 0 aromatic carbocycles. The van der Waals surface area contributed by atoms with E-state index in [9.17, 15) is 4.39 Å². The van der Waals surface area contributed by atoms with Crippen molar-refractivity contribution >= 4 is 0 Å². The van der Waals surface area contributed by atoms with Gasteiger partial charge in [0.2, 0.25) is 0 Å². The fourth-order valence-electron chi connectivity index (χ4n) is 1.99. The molecule has 0 rings (SSSR count). The van der Waals surface area contributed by atoms with Crippen molar-refractivity contribution in [3.8, 4) is 0 Å². The maximum absolute atomic E-state index is 12.0. The number of hydrogen-bond donors (Lipinski definition) is 2. The minimum atomic E-state index is -1.62. The first-order valence-corrected chi connectivity index (χ1v) is 7.13. The molecule has 2 nitrogen and oxygen atoms in total. The van der Waals surface area contributed by atoms with E-state index in [0.717, 1.165) is 32.1 Å². The molecule has 0 aromatic heterocycles. The number of halogens is 1. The molecule has 0 bridgehead atoms. The van der Waals surface area contributed by atoms with E-state index in [2.05, 4.69) is 0 Å². The summed E-state index contributed by atoms with van der Waals surface area (Å²) in [5, 5.41) is 17.5. The van der Waals surface area contributed by atoms with Gasteiger partial charge in [0, 0.05) is 6.42 Å². The smallest absolute Gasteiger partial charge is 0.196 e. The van der Waals surface area contributed by atoms with Gasteiger partial charge in [0.1, 0.15) is 0 Å². The Hall–Kier alpha value is -0.150. The van der Waals surface area contributed by atoms with Crippen molar-refractivity contribution in [3.05, 3.63) is 0 Å². The van der Waals surface area contributed by atoms with E-state index in [-0.39, 0.29) is 6.10 Å². The highest BCUT2D eigenvalue weighted by Crippen LogP contribution is 2.12. The van der Waals surface area contributed by atoms with Crippen molar-refractivity contribution in [1.82, 2.24) is 0 Å². The van der Waals surface area contributed by atoms with Crippen molar-refractivity contribution in [2.45, 2.75) is 90.0 Å². The first kappa shape index (κ1) is 16.9. The summed E-state index contributed by atoms with van der Waals surface area (Å²) >= 11 is 0. The Morgan fingerprint density at radius 3 is 1.41 bits per heavy atom. The van der Waals surface area contributed by atoms with Crippen LogP contribution in [0.15, 0.2) is 0 Å². The average Bonchev–Trinajstić information content (AvgIpc) is 2.25. The summed E-state index contributed by atoms with van der Waals surface area (Å²) in [4.78, 5) is 0. The minimum Gasteiger partial charge on any atom is -0.393 e. The van der Waals surface area contributed by atoms with Crippen molar-refractivity contribution in [1.29, 1.82) is 0 Å². The largest absolute Gasteiger partial charge is 0.393 e. The number of rotatable bonds is 12. The van der Waals surface area contributed by atoms with Crippen LogP contribution in [0.25, 0.3) is 0 Å². The van der Waals surface area contributed by atoms with Crippen LogP contribution in [0.2, 0.25) is 0 Å². The summed E-state index contributed by atoms with van der Waals surface area (Å²) in [5.74, 6) is 0. The monoisotopic (exact) mass is 248 g/mol. The molecule has 2 N–H and O–H groups in total. The lowest BCUT2D eigenvalue weighted by Crippen LogP contribution is -1.98.